The van der Waals surface area contributed by atoms with Gasteiger partial charge < -0.3 is 23.9 Å². The van der Waals surface area contributed by atoms with Crippen LogP contribution >= 0.6 is 0 Å². The minimum Gasteiger partial charge on any atom is -0.497 e. The maximum atomic E-state index is 12.7. The van der Waals surface area contributed by atoms with Gasteiger partial charge in [-0.05, 0) is 61.0 Å². The summed E-state index contributed by atoms with van der Waals surface area (Å²) >= 11 is 0. The molecule has 2 heterocycles. The number of aliphatic hydroxyl groups excluding tert-OH is 1. The predicted octanol–water partition coefficient (Wildman–Crippen LogP) is 1.72. The van der Waals surface area contributed by atoms with Gasteiger partial charge in [0.1, 0.15) is 30.0 Å². The summed E-state index contributed by atoms with van der Waals surface area (Å²) in [6, 6.07) is 14.3. The van der Waals surface area contributed by atoms with Crippen LogP contribution in [-0.4, -0.2) is 56.9 Å². The Morgan fingerprint density at radius 3 is 2.27 bits per heavy atom. The van der Waals surface area contributed by atoms with Gasteiger partial charge in [0.25, 0.3) is 5.56 Å². The number of ether oxygens (including phenoxy) is 3. The summed E-state index contributed by atoms with van der Waals surface area (Å²) in [7, 11) is 4.66. The lowest BCUT2D eigenvalue weighted by Crippen LogP contribution is -2.30. The minimum atomic E-state index is -1.01. The molecule has 0 amide bonds. The summed E-state index contributed by atoms with van der Waals surface area (Å²) in [6.45, 7) is 1.71. The Hall–Kier alpha value is -4.58. The van der Waals surface area contributed by atoms with Crippen LogP contribution in [-0.2, 0) is 13.6 Å². The zero-order valence-corrected chi connectivity index (χ0v) is 20.9. The quantitative estimate of drug-likeness (QED) is 0.217. The average Bonchev–Trinajstić information content (AvgIpc) is 3.28. The molecule has 0 bridgehead atoms. The molecule has 0 aliphatic rings. The Kier molecular flexibility index (Phi) is 7.58. The second kappa shape index (κ2) is 11.0. The van der Waals surface area contributed by atoms with Crippen molar-refractivity contribution >= 4 is 22.8 Å². The van der Waals surface area contributed by atoms with E-state index in [2.05, 4.69) is 20.5 Å². The average molecular weight is 509 g/mol. The number of hydrazone groups is 1. The molecule has 194 valence electrons. The van der Waals surface area contributed by atoms with Gasteiger partial charge in [0, 0.05) is 7.05 Å². The maximum absolute atomic E-state index is 12.7. The van der Waals surface area contributed by atoms with Crippen LogP contribution in [0.25, 0.3) is 11.2 Å². The molecule has 4 aromatic rings. The molecule has 4 rings (SSSR count). The van der Waals surface area contributed by atoms with E-state index in [-0.39, 0.29) is 30.3 Å². The second-order valence-corrected chi connectivity index (χ2v) is 8.21. The van der Waals surface area contributed by atoms with Gasteiger partial charge in [-0.3, -0.25) is 14.3 Å². The van der Waals surface area contributed by atoms with Gasteiger partial charge in [-0.15, -0.1) is 0 Å². The standard InChI is InChI=1S/C25H28N6O6/c1-15(16-5-7-18(35-3)8-6-16)28-29-24-26-22-21(23(33)27-25(34)30(22)2)31(24)13-17(32)14-37-20-11-9-19(36-4)10-12-20/h5-12,17,32H,13-14H2,1-4H3,(H,26,29)(H,27,33,34). The van der Waals surface area contributed by atoms with Crippen LogP contribution < -0.4 is 30.9 Å². The second-order valence-electron chi connectivity index (χ2n) is 8.21. The van der Waals surface area contributed by atoms with Gasteiger partial charge in [0.15, 0.2) is 11.2 Å². The highest BCUT2D eigenvalue weighted by molar-refractivity contribution is 5.99. The van der Waals surface area contributed by atoms with Crippen LogP contribution in [0, 0.1) is 0 Å². The summed E-state index contributed by atoms with van der Waals surface area (Å²) in [4.78, 5) is 31.5. The lowest BCUT2D eigenvalue weighted by Gasteiger charge is -2.15. The SMILES string of the molecule is COc1ccc(OCC(O)Cn2c(NN=C(C)c3ccc(OC)cc3)nc3c2c(=O)[nH]c(=O)n3C)cc1. The molecule has 0 aliphatic heterocycles. The third-order valence-corrected chi connectivity index (χ3v) is 5.73. The Bertz CT molecular complexity index is 1520. The Labute approximate surface area is 211 Å². The Balaban J connectivity index is 1.61. The van der Waals surface area contributed by atoms with Crippen molar-refractivity contribution in [1.82, 2.24) is 19.1 Å². The summed E-state index contributed by atoms with van der Waals surface area (Å²) in [6.07, 6.45) is -1.01. The molecule has 0 spiro atoms. The van der Waals surface area contributed by atoms with Crippen molar-refractivity contribution in [2.24, 2.45) is 12.1 Å². The topological polar surface area (TPSA) is 145 Å². The van der Waals surface area contributed by atoms with E-state index in [0.29, 0.717) is 17.2 Å². The summed E-state index contributed by atoms with van der Waals surface area (Å²) in [5.74, 6) is 2.13. The molecule has 0 saturated carbocycles. The highest BCUT2D eigenvalue weighted by Crippen LogP contribution is 2.19. The van der Waals surface area contributed by atoms with E-state index < -0.39 is 17.4 Å². The van der Waals surface area contributed by atoms with Gasteiger partial charge in [-0.2, -0.15) is 10.1 Å². The number of anilines is 1. The van der Waals surface area contributed by atoms with Gasteiger partial charge in [0.05, 0.1) is 26.5 Å². The van der Waals surface area contributed by atoms with E-state index in [1.807, 2.05) is 31.2 Å². The number of hydrogen-bond acceptors (Lipinski definition) is 9. The third-order valence-electron chi connectivity index (χ3n) is 5.73. The monoisotopic (exact) mass is 508 g/mol. The van der Waals surface area contributed by atoms with Crippen LogP contribution in [0.1, 0.15) is 12.5 Å². The number of nitrogens with zero attached hydrogens (tertiary/aromatic N) is 4. The molecular weight excluding hydrogens is 480 g/mol. The van der Waals surface area contributed by atoms with Gasteiger partial charge in [0.2, 0.25) is 5.95 Å². The van der Waals surface area contributed by atoms with E-state index >= 15 is 0 Å². The van der Waals surface area contributed by atoms with Crippen molar-refractivity contribution in [3.8, 4) is 17.2 Å². The van der Waals surface area contributed by atoms with Gasteiger partial charge >= 0.3 is 5.69 Å². The predicted molar refractivity (Wildman–Crippen MR) is 139 cm³/mol. The number of methoxy groups -OCH3 is 2. The first-order valence-electron chi connectivity index (χ1n) is 11.4. The number of benzene rings is 2. The van der Waals surface area contributed by atoms with Gasteiger partial charge in [-0.1, -0.05) is 0 Å². The van der Waals surface area contributed by atoms with Crippen molar-refractivity contribution < 1.29 is 19.3 Å². The molecule has 2 aromatic heterocycles. The fourth-order valence-electron chi connectivity index (χ4n) is 3.66. The summed E-state index contributed by atoms with van der Waals surface area (Å²) < 4.78 is 18.7. The zero-order chi connectivity index (χ0) is 26.5. The van der Waals surface area contributed by atoms with Gasteiger partial charge in [-0.25, -0.2) is 10.2 Å². The van der Waals surface area contributed by atoms with Crippen LogP contribution in [0.15, 0.2) is 63.2 Å². The number of aromatic amines is 1. The summed E-state index contributed by atoms with van der Waals surface area (Å²) in [5.41, 5.74) is 3.39. The fraction of sp³-hybridized carbons (Fsp3) is 0.280. The first kappa shape index (κ1) is 25.5. The van der Waals surface area contributed by atoms with Crippen molar-refractivity contribution in [2.75, 3.05) is 26.3 Å². The number of aromatic nitrogens is 4. The number of fused-ring (bicyclic) bond motifs is 1. The van der Waals surface area contributed by atoms with Crippen molar-refractivity contribution in [2.45, 2.75) is 19.6 Å². The van der Waals surface area contributed by atoms with Crippen molar-refractivity contribution in [1.29, 1.82) is 0 Å². The zero-order valence-electron chi connectivity index (χ0n) is 20.9. The largest absolute Gasteiger partial charge is 0.497 e. The van der Waals surface area contributed by atoms with Crippen LogP contribution in [0.4, 0.5) is 5.95 Å². The van der Waals surface area contributed by atoms with E-state index in [0.717, 1.165) is 11.3 Å². The first-order valence-corrected chi connectivity index (χ1v) is 11.4. The molecule has 12 nitrogen and oxygen atoms in total. The Morgan fingerprint density at radius 2 is 1.65 bits per heavy atom. The highest BCUT2D eigenvalue weighted by Gasteiger charge is 2.20. The minimum absolute atomic E-state index is 0.0482. The Morgan fingerprint density at radius 1 is 1.05 bits per heavy atom. The number of aliphatic hydroxyl groups is 1. The number of H-pyrrole nitrogens is 1. The van der Waals surface area contributed by atoms with Crippen molar-refractivity contribution in [3.63, 3.8) is 0 Å². The van der Waals surface area contributed by atoms with E-state index in [4.69, 9.17) is 14.2 Å². The van der Waals surface area contributed by atoms with E-state index in [1.54, 1.807) is 38.5 Å². The number of rotatable bonds is 10. The molecule has 0 saturated heterocycles. The third kappa shape index (κ3) is 5.64. The number of aryl methyl sites for hydroxylation is 1. The van der Waals surface area contributed by atoms with E-state index in [9.17, 15) is 14.7 Å². The molecule has 0 radical (unpaired) electrons. The molecule has 12 heteroatoms. The fourth-order valence-corrected chi connectivity index (χ4v) is 3.66. The molecular formula is C25H28N6O6. The lowest BCUT2D eigenvalue weighted by molar-refractivity contribution is 0.0938. The molecule has 1 unspecified atom stereocenters. The maximum Gasteiger partial charge on any atom is 0.329 e. The number of nitrogens with one attached hydrogen (secondary N) is 2. The first-order chi connectivity index (χ1) is 17.8. The number of hydrogen-bond donors (Lipinski definition) is 3. The molecule has 0 aliphatic carbocycles. The normalized spacial score (nSPS) is 12.4. The smallest absolute Gasteiger partial charge is 0.329 e. The molecule has 0 fully saturated rings. The van der Waals surface area contributed by atoms with Crippen LogP contribution in [0.3, 0.4) is 0 Å². The molecule has 37 heavy (non-hydrogen) atoms. The van der Waals surface area contributed by atoms with Crippen molar-refractivity contribution in [3.05, 3.63) is 74.9 Å². The molecule has 3 N–H and O–H groups in total. The highest BCUT2D eigenvalue weighted by atomic mass is 16.5. The number of imidazole rings is 1. The van der Waals surface area contributed by atoms with Crippen LogP contribution in [0.5, 0.6) is 17.2 Å². The van der Waals surface area contributed by atoms with Crippen LogP contribution in [0.2, 0.25) is 0 Å². The molecule has 2 aromatic carbocycles. The lowest BCUT2D eigenvalue weighted by atomic mass is 10.1. The summed E-state index contributed by atoms with van der Waals surface area (Å²) in [5, 5.41) is 15.1. The van der Waals surface area contributed by atoms with E-state index in [1.165, 1.54) is 16.2 Å². The molecule has 1 atom stereocenters.